The van der Waals surface area contributed by atoms with Gasteiger partial charge in [-0.25, -0.2) is 0 Å². The summed E-state index contributed by atoms with van der Waals surface area (Å²) in [5, 5.41) is 0. The largest absolute Gasteiger partial charge is 1.00 e. The maximum Gasteiger partial charge on any atom is 1.00 e. The van der Waals surface area contributed by atoms with E-state index in [1.165, 1.54) is 28.5 Å². The Balaban J connectivity index is -0.000000211. The molecule has 0 aliphatic rings. The molecule has 2 heteroatoms. The SMILES string of the molecule is Cc1cc([C-](C)C)cc([C-](C)C)c1.[CH3-].[CH3-].[Rb+].[Rb+]. The molecule has 0 spiro atoms. The predicted molar refractivity (Wildman–Crippen MR) is 71.4 cm³/mol. The van der Waals surface area contributed by atoms with Crippen molar-refractivity contribution >= 4 is 0 Å². The fraction of sp³-hybridized carbons (Fsp3) is 0.333. The van der Waals surface area contributed by atoms with E-state index in [9.17, 15) is 0 Å². The van der Waals surface area contributed by atoms with Crippen molar-refractivity contribution < 1.29 is 116 Å². The molecule has 0 heterocycles. The number of aryl methyl sites for hydroxylation is 1. The number of rotatable bonds is 2. The quantitative estimate of drug-likeness (QED) is 0.572. The van der Waals surface area contributed by atoms with Gasteiger partial charge in [-0.15, -0.1) is 0 Å². The summed E-state index contributed by atoms with van der Waals surface area (Å²) >= 11 is 0. The van der Waals surface area contributed by atoms with E-state index in [4.69, 9.17) is 0 Å². The van der Waals surface area contributed by atoms with Crippen LogP contribution in [-0.2, 0) is 0 Å². The van der Waals surface area contributed by atoms with Crippen LogP contribution in [0.2, 0.25) is 0 Å². The molecular weight excluding hydrogens is 351 g/mol. The second-order valence-electron chi connectivity index (χ2n) is 4.09. The maximum absolute atomic E-state index is 2.26. The van der Waals surface area contributed by atoms with Gasteiger partial charge in [-0.2, -0.15) is 46.7 Å². The molecule has 88 valence electrons. The monoisotopic (exact) mass is 374 g/mol. The van der Waals surface area contributed by atoms with Crippen molar-refractivity contribution in [1.82, 2.24) is 0 Å². The molecule has 0 aliphatic heterocycles. The number of benzene rings is 1. The molecule has 1 aromatic carbocycles. The van der Waals surface area contributed by atoms with E-state index < -0.39 is 0 Å². The normalized spacial score (nSPS) is 7.59. The van der Waals surface area contributed by atoms with Gasteiger partial charge in [-0.1, -0.05) is 34.6 Å². The summed E-state index contributed by atoms with van der Waals surface area (Å²) in [6.07, 6.45) is 0. The molecule has 0 radical (unpaired) electrons. The van der Waals surface area contributed by atoms with Gasteiger partial charge in [0.2, 0.25) is 0 Å². The summed E-state index contributed by atoms with van der Waals surface area (Å²) in [6.45, 7) is 10.8. The van der Waals surface area contributed by atoms with E-state index in [1.807, 2.05) is 0 Å². The summed E-state index contributed by atoms with van der Waals surface area (Å²) in [4.78, 5) is 0. The van der Waals surface area contributed by atoms with Crippen LogP contribution >= 0.6 is 0 Å². The fourth-order valence-corrected chi connectivity index (χ4v) is 1.36. The van der Waals surface area contributed by atoms with Crippen LogP contribution in [-0.4, -0.2) is 0 Å². The van der Waals surface area contributed by atoms with Gasteiger partial charge >= 0.3 is 116 Å². The van der Waals surface area contributed by atoms with E-state index >= 15 is 0 Å². The van der Waals surface area contributed by atoms with Crippen molar-refractivity contribution in [3.8, 4) is 0 Å². The van der Waals surface area contributed by atoms with Crippen molar-refractivity contribution in [2.45, 2.75) is 34.6 Å². The molecule has 0 aromatic heterocycles. The molecule has 0 nitrogen and oxygen atoms in total. The van der Waals surface area contributed by atoms with Crippen LogP contribution in [0.5, 0.6) is 0 Å². The van der Waals surface area contributed by atoms with Crippen LogP contribution in [0.3, 0.4) is 0 Å². The minimum atomic E-state index is 0. The fourth-order valence-electron chi connectivity index (χ4n) is 1.36. The Kier molecular flexibility index (Phi) is 22.2. The second-order valence-corrected chi connectivity index (χ2v) is 4.09. The Labute approximate surface area is 207 Å². The van der Waals surface area contributed by atoms with Crippen molar-refractivity contribution in [2.75, 3.05) is 0 Å². The van der Waals surface area contributed by atoms with Crippen molar-refractivity contribution in [3.05, 3.63) is 61.6 Å². The van der Waals surface area contributed by atoms with Gasteiger partial charge in [0, 0.05) is 0 Å². The van der Waals surface area contributed by atoms with Crippen molar-refractivity contribution in [3.63, 3.8) is 0 Å². The number of hydrogen-bond donors (Lipinski definition) is 0. The van der Waals surface area contributed by atoms with E-state index in [0.29, 0.717) is 0 Å². The third kappa shape index (κ3) is 10.0. The van der Waals surface area contributed by atoms with E-state index in [1.54, 1.807) is 0 Å². The van der Waals surface area contributed by atoms with Gasteiger partial charge in [-0.05, 0) is 0 Å². The first-order valence-corrected chi connectivity index (χ1v) is 4.73. The van der Waals surface area contributed by atoms with Crippen molar-refractivity contribution in [1.29, 1.82) is 0 Å². The molecule has 0 amide bonds. The first-order valence-electron chi connectivity index (χ1n) is 4.73. The van der Waals surface area contributed by atoms with Gasteiger partial charge in [-0.3, -0.25) is 0 Å². The molecule has 0 fully saturated rings. The molecule has 17 heavy (non-hydrogen) atoms. The molecule has 1 aromatic rings. The van der Waals surface area contributed by atoms with Gasteiger partial charge in [0.15, 0.2) is 0 Å². The van der Waals surface area contributed by atoms with Crippen LogP contribution < -0.4 is 116 Å². The molecule has 0 saturated heterocycles. The third-order valence-corrected chi connectivity index (χ3v) is 2.23. The minimum Gasteiger partial charge on any atom is -0.358 e. The Morgan fingerprint density at radius 3 is 1.24 bits per heavy atom. The average Bonchev–Trinajstić information content (AvgIpc) is 2.03. The van der Waals surface area contributed by atoms with Crippen LogP contribution in [0.1, 0.15) is 44.4 Å². The van der Waals surface area contributed by atoms with Gasteiger partial charge in [0.05, 0.1) is 0 Å². The summed E-state index contributed by atoms with van der Waals surface area (Å²) in [5.74, 6) is 2.76. The molecule has 0 aliphatic carbocycles. The molecule has 0 saturated carbocycles. The Bertz CT molecular complexity index is 265. The third-order valence-electron chi connectivity index (χ3n) is 2.23. The van der Waals surface area contributed by atoms with Crippen LogP contribution in [0.4, 0.5) is 0 Å². The summed E-state index contributed by atoms with van der Waals surface area (Å²) < 4.78 is 0. The van der Waals surface area contributed by atoms with Crippen LogP contribution in [0.25, 0.3) is 0 Å². The molecule has 1 rings (SSSR count). The Morgan fingerprint density at radius 1 is 0.706 bits per heavy atom. The summed E-state index contributed by atoms with van der Waals surface area (Å²) in [5.41, 5.74) is 4.06. The average molecular weight is 375 g/mol. The van der Waals surface area contributed by atoms with Gasteiger partial charge in [0.1, 0.15) is 0 Å². The number of hydrogen-bond acceptors (Lipinski definition) is 0. The minimum absolute atomic E-state index is 0. The van der Waals surface area contributed by atoms with Gasteiger partial charge < -0.3 is 14.9 Å². The topological polar surface area (TPSA) is 0 Å². The van der Waals surface area contributed by atoms with E-state index in [-0.39, 0.29) is 131 Å². The zero-order valence-corrected chi connectivity index (χ0v) is 23.1. The zero-order valence-electron chi connectivity index (χ0n) is 13.2. The Morgan fingerprint density at radius 2 is 1.00 bits per heavy atom. The van der Waals surface area contributed by atoms with E-state index in [2.05, 4.69) is 52.8 Å². The first-order chi connectivity index (χ1) is 6.00. The first kappa shape index (κ1) is 27.8. The standard InChI is InChI=1S/C13H18.2CH3.2Rb/c1-9(2)12-6-11(5)7-13(8-12)10(3)4;;;;/h6-8H,1-5H3;2*1H3;;/q-2;2*-1;2*+1. The van der Waals surface area contributed by atoms with Crippen molar-refractivity contribution in [2.24, 2.45) is 0 Å². The van der Waals surface area contributed by atoms with Crippen LogP contribution in [0, 0.1) is 33.6 Å². The molecule has 0 unspecified atom stereocenters. The second kappa shape index (κ2) is 13.5. The molecule has 0 atom stereocenters. The summed E-state index contributed by atoms with van der Waals surface area (Å²) in [7, 11) is 0. The molecule has 0 N–H and O–H groups in total. The zero-order chi connectivity index (χ0) is 10.0. The van der Waals surface area contributed by atoms with Gasteiger partial charge in [0.25, 0.3) is 0 Å². The maximum atomic E-state index is 2.26. The Hall–Kier alpha value is 2.57. The van der Waals surface area contributed by atoms with E-state index in [0.717, 1.165) is 0 Å². The predicted octanol–water partition coefficient (Wildman–Crippen LogP) is -1.17. The summed E-state index contributed by atoms with van der Waals surface area (Å²) in [6, 6.07) is 6.74. The molecular formula is C15H24Rb2-2. The smallest absolute Gasteiger partial charge is 0.358 e. The molecule has 0 bridgehead atoms. The van der Waals surface area contributed by atoms with Crippen LogP contribution in [0.15, 0.2) is 18.2 Å².